The zero-order valence-corrected chi connectivity index (χ0v) is 13.3. The molecule has 19 heavy (non-hydrogen) atoms. The van der Waals surface area contributed by atoms with Gasteiger partial charge >= 0.3 is 0 Å². The fourth-order valence-electron chi connectivity index (χ4n) is 1.96. The first-order chi connectivity index (χ1) is 8.97. The van der Waals surface area contributed by atoms with Crippen LogP contribution < -0.4 is 0 Å². The third-order valence-corrected chi connectivity index (χ3v) is 4.41. The number of halogens is 2. The van der Waals surface area contributed by atoms with E-state index in [0.29, 0.717) is 11.4 Å². The van der Waals surface area contributed by atoms with Crippen molar-refractivity contribution in [1.82, 2.24) is 0 Å². The number of aliphatic hydroxyl groups is 1. The highest BCUT2D eigenvalue weighted by Crippen LogP contribution is 2.27. The second kappa shape index (κ2) is 6.08. The fourth-order valence-corrected chi connectivity index (χ4v) is 2.67. The second-order valence-corrected chi connectivity index (χ2v) is 6.08. The minimum absolute atomic E-state index is 0.522. The van der Waals surface area contributed by atoms with E-state index < -0.39 is 6.10 Å². The molecule has 0 heterocycles. The molecule has 0 aliphatic heterocycles. The summed E-state index contributed by atoms with van der Waals surface area (Å²) in [5.74, 6) is 0. The van der Waals surface area contributed by atoms with E-state index in [-0.39, 0.29) is 0 Å². The van der Waals surface area contributed by atoms with Crippen molar-refractivity contribution in [1.29, 1.82) is 0 Å². The lowest BCUT2D eigenvalue weighted by molar-refractivity contribution is 0.178. The van der Waals surface area contributed by atoms with Gasteiger partial charge < -0.3 is 5.11 Å². The summed E-state index contributed by atoms with van der Waals surface area (Å²) < 4.78 is 1.01. The summed E-state index contributed by atoms with van der Waals surface area (Å²) in [7, 11) is 0. The Balaban J connectivity index is 2.20. The van der Waals surface area contributed by atoms with Gasteiger partial charge in [-0.1, -0.05) is 51.8 Å². The number of rotatable bonds is 3. The normalized spacial score (nSPS) is 12.5. The molecular formula is C16H16BrClO. The van der Waals surface area contributed by atoms with Crippen LogP contribution in [0, 0.1) is 13.8 Å². The van der Waals surface area contributed by atoms with Crippen LogP contribution in [0.2, 0.25) is 5.02 Å². The number of aliphatic hydroxyl groups excluding tert-OH is 1. The molecule has 0 saturated heterocycles. The molecule has 0 radical (unpaired) electrons. The zero-order valence-electron chi connectivity index (χ0n) is 11.0. The van der Waals surface area contributed by atoms with Crippen molar-refractivity contribution in [2.45, 2.75) is 26.4 Å². The molecule has 100 valence electrons. The van der Waals surface area contributed by atoms with Crippen molar-refractivity contribution < 1.29 is 5.11 Å². The number of aryl methyl sites for hydroxylation is 2. The highest BCUT2D eigenvalue weighted by molar-refractivity contribution is 9.10. The Morgan fingerprint density at radius 2 is 1.89 bits per heavy atom. The predicted molar refractivity (Wildman–Crippen MR) is 83.7 cm³/mol. The van der Waals surface area contributed by atoms with Crippen LogP contribution in [0.1, 0.15) is 28.4 Å². The van der Waals surface area contributed by atoms with E-state index in [4.69, 9.17) is 11.6 Å². The number of hydrogen-bond acceptors (Lipinski definition) is 1. The van der Waals surface area contributed by atoms with Gasteiger partial charge in [-0.2, -0.15) is 0 Å². The van der Waals surface area contributed by atoms with Crippen LogP contribution in [-0.2, 0) is 6.42 Å². The molecule has 2 aromatic carbocycles. The molecule has 1 unspecified atom stereocenters. The molecule has 1 atom stereocenters. The Kier molecular flexibility index (Phi) is 4.67. The number of hydrogen-bond donors (Lipinski definition) is 1. The molecule has 0 aliphatic carbocycles. The average molecular weight is 340 g/mol. The van der Waals surface area contributed by atoms with E-state index in [1.807, 2.05) is 50.2 Å². The van der Waals surface area contributed by atoms with Crippen molar-refractivity contribution >= 4 is 27.5 Å². The Labute approximate surface area is 127 Å². The van der Waals surface area contributed by atoms with Gasteiger partial charge in [0.25, 0.3) is 0 Å². The van der Waals surface area contributed by atoms with Gasteiger partial charge in [0.2, 0.25) is 0 Å². The minimum Gasteiger partial charge on any atom is -0.388 e. The van der Waals surface area contributed by atoms with Gasteiger partial charge in [0.1, 0.15) is 0 Å². The third-order valence-electron chi connectivity index (χ3n) is 3.20. The lowest BCUT2D eigenvalue weighted by atomic mass is 10.00. The standard InChI is InChI=1S/C16H16BrClO/c1-10-3-5-12(15(18)7-10)9-16(19)13-6-4-11(2)14(17)8-13/h3-8,16,19H,9H2,1-2H3. The molecule has 0 fully saturated rings. The maximum Gasteiger partial charge on any atom is 0.0831 e. The maximum atomic E-state index is 10.3. The SMILES string of the molecule is Cc1ccc(CC(O)c2ccc(C)c(Br)c2)c(Cl)c1. The Morgan fingerprint density at radius 1 is 1.16 bits per heavy atom. The highest BCUT2D eigenvalue weighted by atomic mass is 79.9. The molecular weight excluding hydrogens is 324 g/mol. The van der Waals surface area contributed by atoms with Crippen LogP contribution >= 0.6 is 27.5 Å². The molecule has 1 N–H and O–H groups in total. The molecule has 1 nitrogen and oxygen atoms in total. The van der Waals surface area contributed by atoms with Crippen LogP contribution in [0.5, 0.6) is 0 Å². The van der Waals surface area contributed by atoms with Gasteiger partial charge in [-0.25, -0.2) is 0 Å². The molecule has 0 aliphatic rings. The van der Waals surface area contributed by atoms with Crippen molar-refractivity contribution in [3.63, 3.8) is 0 Å². The first-order valence-corrected chi connectivity index (χ1v) is 7.33. The van der Waals surface area contributed by atoms with Gasteiger partial charge in [-0.3, -0.25) is 0 Å². The van der Waals surface area contributed by atoms with Gasteiger partial charge in [0.05, 0.1) is 6.10 Å². The van der Waals surface area contributed by atoms with E-state index in [1.165, 1.54) is 0 Å². The van der Waals surface area contributed by atoms with Gasteiger partial charge in [-0.05, 0) is 48.2 Å². The van der Waals surface area contributed by atoms with Crippen molar-refractivity contribution in [3.05, 3.63) is 68.1 Å². The van der Waals surface area contributed by atoms with E-state index in [1.54, 1.807) is 0 Å². The van der Waals surface area contributed by atoms with Crippen LogP contribution in [0.15, 0.2) is 40.9 Å². The molecule has 0 amide bonds. The van der Waals surface area contributed by atoms with Crippen LogP contribution in [0.3, 0.4) is 0 Å². The summed E-state index contributed by atoms with van der Waals surface area (Å²) in [6, 6.07) is 11.8. The first kappa shape index (κ1) is 14.6. The smallest absolute Gasteiger partial charge is 0.0831 e. The van der Waals surface area contributed by atoms with Crippen LogP contribution in [0.25, 0.3) is 0 Å². The molecule has 0 saturated carbocycles. The van der Waals surface area contributed by atoms with Gasteiger partial charge in [0, 0.05) is 15.9 Å². The summed E-state index contributed by atoms with van der Waals surface area (Å²) >= 11 is 9.68. The molecule has 0 spiro atoms. The fraction of sp³-hybridized carbons (Fsp3) is 0.250. The zero-order chi connectivity index (χ0) is 14.0. The van der Waals surface area contributed by atoms with E-state index in [9.17, 15) is 5.11 Å². The second-order valence-electron chi connectivity index (χ2n) is 4.82. The molecule has 2 rings (SSSR count). The first-order valence-electron chi connectivity index (χ1n) is 6.16. The van der Waals surface area contributed by atoms with Gasteiger partial charge in [0.15, 0.2) is 0 Å². The summed E-state index contributed by atoms with van der Waals surface area (Å²) in [6.07, 6.45) is -0.0219. The Morgan fingerprint density at radius 3 is 2.53 bits per heavy atom. The quantitative estimate of drug-likeness (QED) is 0.834. The third kappa shape index (κ3) is 3.59. The summed E-state index contributed by atoms with van der Waals surface area (Å²) in [5.41, 5.74) is 4.15. The van der Waals surface area contributed by atoms with Crippen molar-refractivity contribution in [2.75, 3.05) is 0 Å². The molecule has 2 aromatic rings. The summed E-state index contributed by atoms with van der Waals surface area (Å²) in [4.78, 5) is 0. The van der Waals surface area contributed by atoms with Crippen molar-refractivity contribution in [2.24, 2.45) is 0 Å². The molecule has 3 heteroatoms. The highest BCUT2D eigenvalue weighted by Gasteiger charge is 2.12. The van der Waals surface area contributed by atoms with Crippen LogP contribution in [0.4, 0.5) is 0 Å². The van der Waals surface area contributed by atoms with Crippen molar-refractivity contribution in [3.8, 4) is 0 Å². The summed E-state index contributed by atoms with van der Waals surface area (Å²) in [5, 5.41) is 11.0. The molecule has 0 bridgehead atoms. The van der Waals surface area contributed by atoms with Gasteiger partial charge in [-0.15, -0.1) is 0 Å². The largest absolute Gasteiger partial charge is 0.388 e. The monoisotopic (exact) mass is 338 g/mol. The topological polar surface area (TPSA) is 20.2 Å². The molecule has 0 aromatic heterocycles. The van der Waals surface area contributed by atoms with Crippen LogP contribution in [-0.4, -0.2) is 5.11 Å². The summed E-state index contributed by atoms with van der Waals surface area (Å²) in [6.45, 7) is 4.03. The Hall–Kier alpha value is -0.830. The average Bonchev–Trinajstić information content (AvgIpc) is 2.36. The Bertz CT molecular complexity index is 595. The lowest BCUT2D eigenvalue weighted by Gasteiger charge is -2.13. The predicted octanol–water partition coefficient (Wildman–Crippen LogP) is 5.00. The van der Waals surface area contributed by atoms with E-state index >= 15 is 0 Å². The lowest BCUT2D eigenvalue weighted by Crippen LogP contribution is -2.02. The number of benzene rings is 2. The van der Waals surface area contributed by atoms with E-state index in [0.717, 1.165) is 26.7 Å². The maximum absolute atomic E-state index is 10.3. The minimum atomic E-state index is -0.544. The van der Waals surface area contributed by atoms with E-state index in [2.05, 4.69) is 15.9 Å².